The minimum atomic E-state index is 0.719. The molecule has 2 aromatic heterocycles. The van der Waals surface area contributed by atoms with Crippen LogP contribution < -0.4 is 5.73 Å². The number of imidazole rings is 1. The molecular formula is C13H12N4. The van der Waals surface area contributed by atoms with E-state index in [2.05, 4.69) is 9.97 Å². The minimum absolute atomic E-state index is 0.719. The smallest absolute Gasteiger partial charge is 0.234 e. The number of benzene rings is 1. The summed E-state index contributed by atoms with van der Waals surface area (Å²) in [5.41, 5.74) is 9.33. The standard InChI is InChI=1S/C13H12N4/c1-9-6-7-17-8-12(16-13(17)15-9)10-2-4-11(14)5-3-10/h2-8H,14H2,1H3. The fraction of sp³-hybridized carbons (Fsp3) is 0.0769. The molecule has 0 spiro atoms. The first-order chi connectivity index (χ1) is 8.22. The molecule has 0 saturated carbocycles. The topological polar surface area (TPSA) is 56.2 Å². The number of hydrogen-bond acceptors (Lipinski definition) is 3. The average Bonchev–Trinajstić information content (AvgIpc) is 2.72. The molecule has 17 heavy (non-hydrogen) atoms. The lowest BCUT2D eigenvalue weighted by Crippen LogP contribution is -1.88. The fourth-order valence-corrected chi connectivity index (χ4v) is 1.75. The summed E-state index contributed by atoms with van der Waals surface area (Å²) in [6.45, 7) is 1.96. The normalized spacial score (nSPS) is 10.9. The van der Waals surface area contributed by atoms with Crippen LogP contribution in [-0.2, 0) is 0 Å². The van der Waals surface area contributed by atoms with Crippen molar-refractivity contribution >= 4 is 11.5 Å². The SMILES string of the molecule is Cc1ccn2cc(-c3ccc(N)cc3)nc2n1. The number of anilines is 1. The van der Waals surface area contributed by atoms with Crippen LogP contribution in [-0.4, -0.2) is 14.4 Å². The quantitative estimate of drug-likeness (QED) is 0.645. The van der Waals surface area contributed by atoms with E-state index in [1.807, 2.05) is 54.0 Å². The monoisotopic (exact) mass is 224 g/mol. The highest BCUT2D eigenvalue weighted by Gasteiger charge is 2.04. The van der Waals surface area contributed by atoms with Gasteiger partial charge in [0.05, 0.1) is 5.69 Å². The van der Waals surface area contributed by atoms with E-state index in [1.165, 1.54) is 0 Å². The Labute approximate surface area is 98.8 Å². The number of rotatable bonds is 1. The molecule has 0 saturated heterocycles. The Morgan fingerprint density at radius 2 is 1.82 bits per heavy atom. The molecule has 1 aromatic carbocycles. The van der Waals surface area contributed by atoms with Crippen molar-refractivity contribution in [3.8, 4) is 11.3 Å². The van der Waals surface area contributed by atoms with Crippen molar-refractivity contribution in [3.05, 3.63) is 48.4 Å². The van der Waals surface area contributed by atoms with Gasteiger partial charge < -0.3 is 5.73 Å². The maximum atomic E-state index is 5.66. The number of aryl methyl sites for hydroxylation is 1. The Morgan fingerprint density at radius 1 is 1.06 bits per heavy atom. The van der Waals surface area contributed by atoms with Gasteiger partial charge in [-0.25, -0.2) is 9.97 Å². The lowest BCUT2D eigenvalue weighted by Gasteiger charge is -1.95. The number of nitrogen functional groups attached to an aromatic ring is 1. The van der Waals surface area contributed by atoms with E-state index in [0.717, 1.165) is 28.4 Å². The molecular weight excluding hydrogens is 212 g/mol. The fourth-order valence-electron chi connectivity index (χ4n) is 1.75. The summed E-state index contributed by atoms with van der Waals surface area (Å²) in [7, 11) is 0. The van der Waals surface area contributed by atoms with Crippen LogP contribution in [0.15, 0.2) is 42.7 Å². The highest BCUT2D eigenvalue weighted by Crippen LogP contribution is 2.19. The van der Waals surface area contributed by atoms with Gasteiger partial charge in [0.25, 0.3) is 0 Å². The zero-order valence-electron chi connectivity index (χ0n) is 9.46. The summed E-state index contributed by atoms with van der Waals surface area (Å²) in [5, 5.41) is 0. The van der Waals surface area contributed by atoms with E-state index in [0.29, 0.717) is 0 Å². The van der Waals surface area contributed by atoms with Crippen LogP contribution in [0.4, 0.5) is 5.69 Å². The number of nitrogens with zero attached hydrogens (tertiary/aromatic N) is 3. The molecule has 0 fully saturated rings. The van der Waals surface area contributed by atoms with Crippen LogP contribution in [0.1, 0.15) is 5.69 Å². The maximum absolute atomic E-state index is 5.66. The molecule has 0 aliphatic carbocycles. The third-order valence-electron chi connectivity index (χ3n) is 2.67. The maximum Gasteiger partial charge on any atom is 0.234 e. The first-order valence-corrected chi connectivity index (χ1v) is 5.41. The second-order valence-corrected chi connectivity index (χ2v) is 4.02. The largest absolute Gasteiger partial charge is 0.399 e. The second-order valence-electron chi connectivity index (χ2n) is 4.02. The molecule has 0 aliphatic heterocycles. The summed E-state index contributed by atoms with van der Waals surface area (Å²) in [5.74, 6) is 0.719. The van der Waals surface area contributed by atoms with Crippen LogP contribution in [0.2, 0.25) is 0 Å². The van der Waals surface area contributed by atoms with Crippen molar-refractivity contribution in [3.63, 3.8) is 0 Å². The van der Waals surface area contributed by atoms with Crippen molar-refractivity contribution in [2.24, 2.45) is 0 Å². The zero-order chi connectivity index (χ0) is 11.8. The molecule has 0 amide bonds. The molecule has 84 valence electrons. The molecule has 0 atom stereocenters. The number of hydrogen-bond donors (Lipinski definition) is 1. The minimum Gasteiger partial charge on any atom is -0.399 e. The van der Waals surface area contributed by atoms with Gasteiger partial charge in [-0.15, -0.1) is 0 Å². The van der Waals surface area contributed by atoms with E-state index >= 15 is 0 Å². The second kappa shape index (κ2) is 3.59. The van der Waals surface area contributed by atoms with Crippen molar-refractivity contribution in [1.82, 2.24) is 14.4 Å². The molecule has 0 bridgehead atoms. The zero-order valence-corrected chi connectivity index (χ0v) is 9.46. The highest BCUT2D eigenvalue weighted by atomic mass is 15.1. The van der Waals surface area contributed by atoms with Crippen LogP contribution >= 0.6 is 0 Å². The summed E-state index contributed by atoms with van der Waals surface area (Å²) in [4.78, 5) is 8.85. The van der Waals surface area contributed by atoms with Crippen LogP contribution in [0, 0.1) is 6.92 Å². The van der Waals surface area contributed by atoms with Gasteiger partial charge >= 0.3 is 0 Å². The first kappa shape index (κ1) is 9.84. The van der Waals surface area contributed by atoms with E-state index in [-0.39, 0.29) is 0 Å². The molecule has 3 rings (SSSR count). The number of aromatic nitrogens is 3. The van der Waals surface area contributed by atoms with Crippen LogP contribution in [0.25, 0.3) is 17.0 Å². The van der Waals surface area contributed by atoms with Gasteiger partial charge in [-0.1, -0.05) is 12.1 Å². The number of fused-ring (bicyclic) bond motifs is 1. The Bertz CT molecular complexity index is 667. The van der Waals surface area contributed by atoms with Crippen molar-refractivity contribution < 1.29 is 0 Å². The van der Waals surface area contributed by atoms with E-state index in [1.54, 1.807) is 0 Å². The van der Waals surface area contributed by atoms with Crippen molar-refractivity contribution in [2.45, 2.75) is 6.92 Å². The van der Waals surface area contributed by atoms with Gasteiger partial charge in [0.2, 0.25) is 5.78 Å². The number of nitrogens with two attached hydrogens (primary N) is 1. The average molecular weight is 224 g/mol. The van der Waals surface area contributed by atoms with Crippen molar-refractivity contribution in [2.75, 3.05) is 5.73 Å². The molecule has 4 nitrogen and oxygen atoms in total. The molecule has 4 heteroatoms. The third-order valence-corrected chi connectivity index (χ3v) is 2.67. The van der Waals surface area contributed by atoms with Gasteiger partial charge in [-0.2, -0.15) is 0 Å². The predicted octanol–water partition coefficient (Wildman–Crippen LogP) is 2.29. The first-order valence-electron chi connectivity index (χ1n) is 5.41. The van der Waals surface area contributed by atoms with Gasteiger partial charge in [0.1, 0.15) is 0 Å². The summed E-state index contributed by atoms with van der Waals surface area (Å²) in [6, 6.07) is 9.63. The Kier molecular flexibility index (Phi) is 2.08. The Hall–Kier alpha value is -2.36. The Morgan fingerprint density at radius 3 is 2.59 bits per heavy atom. The van der Waals surface area contributed by atoms with E-state index in [9.17, 15) is 0 Å². The molecule has 2 N–H and O–H groups in total. The molecule has 0 aliphatic rings. The van der Waals surface area contributed by atoms with E-state index in [4.69, 9.17) is 5.73 Å². The molecule has 0 unspecified atom stereocenters. The summed E-state index contributed by atoms with van der Waals surface area (Å²) >= 11 is 0. The third kappa shape index (κ3) is 1.73. The van der Waals surface area contributed by atoms with Crippen molar-refractivity contribution in [1.29, 1.82) is 0 Å². The van der Waals surface area contributed by atoms with Gasteiger partial charge in [0, 0.05) is 29.3 Å². The summed E-state index contributed by atoms with van der Waals surface area (Å²) in [6.07, 6.45) is 3.93. The molecule has 3 aromatic rings. The summed E-state index contributed by atoms with van der Waals surface area (Å²) < 4.78 is 1.92. The molecule has 2 heterocycles. The van der Waals surface area contributed by atoms with Crippen LogP contribution in [0.3, 0.4) is 0 Å². The predicted molar refractivity (Wildman–Crippen MR) is 67.6 cm³/mol. The lowest BCUT2D eigenvalue weighted by atomic mass is 10.1. The lowest BCUT2D eigenvalue weighted by molar-refractivity contribution is 1.07. The van der Waals surface area contributed by atoms with E-state index < -0.39 is 0 Å². The van der Waals surface area contributed by atoms with Gasteiger partial charge in [-0.3, -0.25) is 4.40 Å². The van der Waals surface area contributed by atoms with Gasteiger partial charge in [-0.05, 0) is 25.1 Å². The molecule has 0 radical (unpaired) electrons. The highest BCUT2D eigenvalue weighted by molar-refractivity contribution is 5.63. The van der Waals surface area contributed by atoms with Gasteiger partial charge in [0.15, 0.2) is 0 Å². The van der Waals surface area contributed by atoms with Crippen LogP contribution in [0.5, 0.6) is 0 Å². The Balaban J connectivity index is 2.14.